The summed E-state index contributed by atoms with van der Waals surface area (Å²) in [6.45, 7) is 4.24. The summed E-state index contributed by atoms with van der Waals surface area (Å²) < 4.78 is 5.24. The minimum absolute atomic E-state index is 0.0264. The Balaban J connectivity index is 1.69. The number of likely N-dealkylation sites (tertiary alicyclic amines) is 1. The van der Waals surface area contributed by atoms with Crippen molar-refractivity contribution in [3.63, 3.8) is 0 Å². The van der Waals surface area contributed by atoms with Gasteiger partial charge in [0.15, 0.2) is 0 Å². The average molecular weight is 382 g/mol. The molecule has 1 saturated heterocycles. The molecule has 1 aliphatic heterocycles. The first-order valence-corrected chi connectivity index (χ1v) is 9.75. The number of ether oxygens (including phenoxy) is 1. The van der Waals surface area contributed by atoms with Gasteiger partial charge in [0.25, 0.3) is 0 Å². The smallest absolute Gasteiger partial charge is 0.410 e. The number of nitrogens with zero attached hydrogens (tertiary/aromatic N) is 2. The number of rotatable bonds is 6. The van der Waals surface area contributed by atoms with Crippen molar-refractivity contribution in [2.75, 3.05) is 13.2 Å². The van der Waals surface area contributed by atoms with Crippen molar-refractivity contribution in [1.82, 2.24) is 9.88 Å². The van der Waals surface area contributed by atoms with Gasteiger partial charge in [-0.15, -0.1) is 0 Å². The summed E-state index contributed by atoms with van der Waals surface area (Å²) in [5.74, 6) is 0. The van der Waals surface area contributed by atoms with Crippen LogP contribution in [-0.2, 0) is 11.2 Å². The van der Waals surface area contributed by atoms with Gasteiger partial charge in [0.1, 0.15) is 6.61 Å². The second kappa shape index (κ2) is 9.37. The van der Waals surface area contributed by atoms with Gasteiger partial charge in [0, 0.05) is 41.7 Å². The highest BCUT2D eigenvalue weighted by Crippen LogP contribution is 2.31. The molecule has 1 fully saturated rings. The van der Waals surface area contributed by atoms with Crippen LogP contribution in [-0.4, -0.2) is 45.5 Å². The van der Waals surface area contributed by atoms with E-state index in [1.807, 2.05) is 48.5 Å². The Kier molecular flexibility index (Phi) is 6.65. The second-order valence-electron chi connectivity index (χ2n) is 6.33. The molecule has 0 unspecified atom stereocenters. The number of benzene rings is 1. The molecule has 2 heterocycles. The van der Waals surface area contributed by atoms with Crippen LogP contribution in [0.4, 0.5) is 4.79 Å². The van der Waals surface area contributed by atoms with Crippen molar-refractivity contribution in [3.8, 4) is 0 Å². The third-order valence-electron chi connectivity index (χ3n) is 4.39. The maximum absolute atomic E-state index is 12.5. The SMILES string of the molecule is C=CCOC(=O)N1C[C@@H](SC(=O)c2ccccc2)C[C@H]1Cc1ccccn1. The number of hydrogen-bond acceptors (Lipinski definition) is 5. The summed E-state index contributed by atoms with van der Waals surface area (Å²) in [4.78, 5) is 31.0. The molecule has 27 heavy (non-hydrogen) atoms. The highest BCUT2D eigenvalue weighted by molar-refractivity contribution is 8.14. The monoisotopic (exact) mass is 382 g/mol. The van der Waals surface area contributed by atoms with Crippen LogP contribution in [0.3, 0.4) is 0 Å². The van der Waals surface area contributed by atoms with Crippen LogP contribution >= 0.6 is 11.8 Å². The fourth-order valence-corrected chi connectivity index (χ4v) is 4.27. The van der Waals surface area contributed by atoms with E-state index in [0.29, 0.717) is 18.5 Å². The van der Waals surface area contributed by atoms with E-state index in [2.05, 4.69) is 11.6 Å². The quantitative estimate of drug-likeness (QED) is 0.708. The lowest BCUT2D eigenvalue weighted by molar-refractivity contribution is 0.107. The lowest BCUT2D eigenvalue weighted by Gasteiger charge is -2.23. The Bertz CT molecular complexity index is 783. The molecule has 2 aromatic rings. The van der Waals surface area contributed by atoms with Gasteiger partial charge in [-0.25, -0.2) is 4.79 Å². The lowest BCUT2D eigenvalue weighted by Crippen LogP contribution is -2.37. The number of thioether (sulfide) groups is 1. The van der Waals surface area contributed by atoms with Crippen LogP contribution in [0, 0.1) is 0 Å². The molecule has 5 nitrogen and oxygen atoms in total. The molecule has 3 rings (SSSR count). The molecule has 1 aromatic carbocycles. The standard InChI is InChI=1S/C21H22N2O3S/c1-2-12-26-21(25)23-15-19(27-20(24)16-8-4-3-5-9-16)14-18(23)13-17-10-6-7-11-22-17/h2-11,18-19H,1,12-15H2/t18-,19+/m1/s1. The molecule has 0 aliphatic carbocycles. The van der Waals surface area contributed by atoms with Crippen LogP contribution in [0.25, 0.3) is 0 Å². The van der Waals surface area contributed by atoms with Crippen LogP contribution in [0.2, 0.25) is 0 Å². The first-order chi connectivity index (χ1) is 13.2. The first-order valence-electron chi connectivity index (χ1n) is 8.87. The van der Waals surface area contributed by atoms with Gasteiger partial charge < -0.3 is 9.64 Å². The van der Waals surface area contributed by atoms with Crippen LogP contribution in [0.1, 0.15) is 22.5 Å². The molecule has 0 saturated carbocycles. The molecule has 0 radical (unpaired) electrons. The third-order valence-corrected chi connectivity index (χ3v) is 5.51. The molecule has 0 bridgehead atoms. The number of amides is 1. The van der Waals surface area contributed by atoms with Crippen molar-refractivity contribution in [3.05, 3.63) is 78.6 Å². The topological polar surface area (TPSA) is 59.5 Å². The zero-order chi connectivity index (χ0) is 19.1. The van der Waals surface area contributed by atoms with Gasteiger partial charge in [0.2, 0.25) is 5.12 Å². The van der Waals surface area contributed by atoms with E-state index in [1.165, 1.54) is 11.8 Å². The maximum Gasteiger partial charge on any atom is 0.410 e. The molecule has 1 aromatic heterocycles. The molecule has 0 spiro atoms. The highest BCUT2D eigenvalue weighted by Gasteiger charge is 2.37. The number of carbonyl (C=O) groups is 2. The van der Waals surface area contributed by atoms with E-state index >= 15 is 0 Å². The zero-order valence-corrected chi connectivity index (χ0v) is 15.8. The summed E-state index contributed by atoms with van der Waals surface area (Å²) in [6.07, 6.45) is 4.29. The van der Waals surface area contributed by atoms with Crippen LogP contribution in [0.5, 0.6) is 0 Å². The van der Waals surface area contributed by atoms with Gasteiger partial charge in [0.05, 0.1) is 0 Å². The number of aromatic nitrogens is 1. The molecule has 6 heteroatoms. The Morgan fingerprint density at radius 3 is 2.70 bits per heavy atom. The van der Waals surface area contributed by atoms with Crippen molar-refractivity contribution in [2.45, 2.75) is 24.1 Å². The van der Waals surface area contributed by atoms with E-state index in [0.717, 1.165) is 12.1 Å². The van der Waals surface area contributed by atoms with E-state index < -0.39 is 0 Å². The van der Waals surface area contributed by atoms with Gasteiger partial charge in [-0.1, -0.05) is 60.8 Å². The molecule has 2 atom stereocenters. The van der Waals surface area contributed by atoms with E-state index in [1.54, 1.807) is 17.2 Å². The largest absolute Gasteiger partial charge is 0.445 e. The summed E-state index contributed by atoms with van der Waals surface area (Å²) >= 11 is 1.29. The Morgan fingerprint density at radius 2 is 2.00 bits per heavy atom. The van der Waals surface area contributed by atoms with Gasteiger partial charge in [-0.05, 0) is 18.6 Å². The summed E-state index contributed by atoms with van der Waals surface area (Å²) in [6, 6.07) is 14.9. The average Bonchev–Trinajstić information content (AvgIpc) is 3.09. The predicted octanol–water partition coefficient (Wildman–Crippen LogP) is 3.96. The lowest BCUT2D eigenvalue weighted by atomic mass is 10.1. The third kappa shape index (κ3) is 5.20. The molecular formula is C21H22N2O3S. The molecule has 140 valence electrons. The van der Waals surface area contributed by atoms with Crippen molar-refractivity contribution in [2.24, 2.45) is 0 Å². The van der Waals surface area contributed by atoms with Crippen molar-refractivity contribution in [1.29, 1.82) is 0 Å². The summed E-state index contributed by atoms with van der Waals surface area (Å²) in [5, 5.41) is 0.0567. The normalized spacial score (nSPS) is 18.9. The van der Waals surface area contributed by atoms with Gasteiger partial charge >= 0.3 is 6.09 Å². The minimum atomic E-state index is -0.369. The summed E-state index contributed by atoms with van der Waals surface area (Å²) in [5.41, 5.74) is 1.60. The predicted molar refractivity (Wildman–Crippen MR) is 107 cm³/mol. The first kappa shape index (κ1) is 19.2. The molecule has 0 N–H and O–H groups in total. The Morgan fingerprint density at radius 1 is 1.22 bits per heavy atom. The fraction of sp³-hybridized carbons (Fsp3) is 0.286. The molecule has 1 aliphatic rings. The maximum atomic E-state index is 12.5. The number of carbonyl (C=O) groups excluding carboxylic acids is 2. The number of pyridine rings is 1. The van der Waals surface area contributed by atoms with Gasteiger partial charge in [-0.2, -0.15) is 0 Å². The molecule has 1 amide bonds. The van der Waals surface area contributed by atoms with Crippen molar-refractivity contribution < 1.29 is 14.3 Å². The van der Waals surface area contributed by atoms with E-state index in [9.17, 15) is 9.59 Å². The number of hydrogen-bond donors (Lipinski definition) is 0. The fourth-order valence-electron chi connectivity index (χ4n) is 3.14. The zero-order valence-electron chi connectivity index (χ0n) is 15.0. The minimum Gasteiger partial charge on any atom is -0.445 e. The van der Waals surface area contributed by atoms with Gasteiger partial charge in [-0.3, -0.25) is 9.78 Å². The Hall–Kier alpha value is -2.60. The van der Waals surface area contributed by atoms with E-state index in [4.69, 9.17) is 4.74 Å². The second-order valence-corrected chi connectivity index (χ2v) is 7.60. The summed E-state index contributed by atoms with van der Waals surface area (Å²) in [7, 11) is 0. The highest BCUT2D eigenvalue weighted by atomic mass is 32.2. The van der Waals surface area contributed by atoms with Crippen molar-refractivity contribution >= 4 is 23.0 Å². The van der Waals surface area contributed by atoms with E-state index in [-0.39, 0.29) is 29.1 Å². The molecular weight excluding hydrogens is 360 g/mol. The van der Waals surface area contributed by atoms with Crippen LogP contribution in [0.15, 0.2) is 67.4 Å². The van der Waals surface area contributed by atoms with Crippen LogP contribution < -0.4 is 0 Å². The Labute approximate surface area is 163 Å².